The van der Waals surface area contributed by atoms with Gasteiger partial charge >= 0.3 is 0 Å². The molecule has 3 aliphatic rings. The van der Waals surface area contributed by atoms with Crippen LogP contribution < -0.4 is 9.80 Å². The summed E-state index contributed by atoms with van der Waals surface area (Å²) < 4.78 is 0. The van der Waals surface area contributed by atoms with E-state index >= 15 is 0 Å². The summed E-state index contributed by atoms with van der Waals surface area (Å²) in [6, 6.07) is 73.8. The summed E-state index contributed by atoms with van der Waals surface area (Å²) in [5, 5.41) is 2.27. The molecule has 0 spiro atoms. The lowest BCUT2D eigenvalue weighted by atomic mass is 9.87. The van der Waals surface area contributed by atoms with E-state index in [-0.39, 0.29) is 5.41 Å². The summed E-state index contributed by atoms with van der Waals surface area (Å²) >= 11 is 0. The number of aryl methyl sites for hydroxylation is 4. The standard InChI is InChI=1S/C63H52N2/c1-44(32-33-50-43-63(2,3)58-27-12-11-25-55(50)58)53-40-38-51(64-59-28-13-7-20-46(59)34-35-47-21-8-14-29-60(47)64)24-17-26-54(45-18-5-4-6-19-45)57-42-52(39-41-56(53)57)65-61-30-15-9-22-48(61)36-37-49-23-10-16-31-62(49)65/h4-33,38-43H,1,34-37H2,2-3H3/b24-17?,26-17?,33-32-,40-38?,51-24?,51-38?,53-40?,54-26?,56-53?,57-54?. The minimum absolute atomic E-state index is 0.0556. The normalized spacial score (nSPS) is 14.5. The Bertz CT molecular complexity index is 3180. The Hall–Kier alpha value is -7.68. The van der Waals surface area contributed by atoms with Gasteiger partial charge < -0.3 is 9.80 Å². The molecule has 0 N–H and O–H groups in total. The fourth-order valence-electron chi connectivity index (χ4n) is 10.4. The van der Waals surface area contributed by atoms with Crippen molar-refractivity contribution in [2.24, 2.45) is 0 Å². The zero-order valence-electron chi connectivity index (χ0n) is 37.2. The van der Waals surface area contributed by atoms with Crippen molar-refractivity contribution in [1.29, 1.82) is 0 Å². The van der Waals surface area contributed by atoms with Crippen LogP contribution in [0.5, 0.6) is 0 Å². The number of fused-ring (bicyclic) bond motifs is 6. The molecule has 0 aromatic heterocycles. The van der Waals surface area contributed by atoms with Crippen LogP contribution >= 0.6 is 0 Å². The molecular formula is C63H52N2. The number of rotatable bonds is 6. The van der Waals surface area contributed by atoms with E-state index in [1.807, 2.05) is 0 Å². The van der Waals surface area contributed by atoms with E-state index in [9.17, 15) is 0 Å². The number of hydrogen-bond donors (Lipinski definition) is 0. The van der Waals surface area contributed by atoms with Gasteiger partial charge in [-0.05, 0) is 146 Å². The summed E-state index contributed by atoms with van der Waals surface area (Å²) in [5.74, 6) is 0. The summed E-state index contributed by atoms with van der Waals surface area (Å²) in [4.78, 5) is 4.94. The van der Waals surface area contributed by atoms with Crippen molar-refractivity contribution in [3.8, 4) is 11.1 Å². The summed E-state index contributed by atoms with van der Waals surface area (Å²) in [7, 11) is 0. The highest BCUT2D eigenvalue weighted by molar-refractivity contribution is 6.05. The van der Waals surface area contributed by atoms with Crippen LogP contribution in [0.2, 0.25) is 0 Å². The molecule has 0 fully saturated rings. The number of para-hydroxylation sites is 4. The van der Waals surface area contributed by atoms with E-state index < -0.39 is 0 Å². The molecule has 2 aliphatic heterocycles. The van der Waals surface area contributed by atoms with Crippen molar-refractivity contribution in [2.45, 2.75) is 44.9 Å². The monoisotopic (exact) mass is 836 g/mol. The highest BCUT2D eigenvalue weighted by atomic mass is 15.2. The summed E-state index contributed by atoms with van der Waals surface area (Å²) in [5.41, 5.74) is 20.6. The van der Waals surface area contributed by atoms with E-state index in [0.29, 0.717) is 0 Å². The van der Waals surface area contributed by atoms with Gasteiger partial charge in [0.05, 0.1) is 0 Å². The molecule has 8 aromatic rings. The largest absolute Gasteiger partial charge is 0.310 e. The SMILES string of the molecule is C=C(/C=C\C1=CC(C)(C)c2ccccc21)c1ccc(N2c3ccccc3CCc3ccccc32)cccc(-c2ccccc2)c2cc(N3c4ccccc4CCc4ccccc43)ccc12. The lowest BCUT2D eigenvalue weighted by molar-refractivity contribution is 0.683. The van der Waals surface area contributed by atoms with Gasteiger partial charge in [0.2, 0.25) is 0 Å². The highest BCUT2D eigenvalue weighted by Gasteiger charge is 2.29. The Balaban J connectivity index is 1.19. The first-order valence-corrected chi connectivity index (χ1v) is 23.0. The van der Waals surface area contributed by atoms with Crippen LogP contribution in [-0.4, -0.2) is 0 Å². The average Bonchev–Trinajstić information content (AvgIpc) is 3.44. The highest BCUT2D eigenvalue weighted by Crippen LogP contribution is 2.46. The van der Waals surface area contributed by atoms with Gasteiger partial charge in [0.25, 0.3) is 0 Å². The Kier molecular flexibility index (Phi) is 10.4. The average molecular weight is 837 g/mol. The molecule has 65 heavy (non-hydrogen) atoms. The fraction of sp³-hybridized carbons (Fsp3) is 0.111. The van der Waals surface area contributed by atoms with E-state index in [2.05, 4.69) is 242 Å². The second-order valence-corrected chi connectivity index (χ2v) is 18.1. The molecule has 0 radical (unpaired) electrons. The Morgan fingerprint density at radius 2 is 0.954 bits per heavy atom. The molecule has 0 unspecified atom stereocenters. The van der Waals surface area contributed by atoms with Crippen molar-refractivity contribution >= 4 is 56.0 Å². The van der Waals surface area contributed by atoms with Crippen molar-refractivity contribution in [2.75, 3.05) is 9.80 Å². The van der Waals surface area contributed by atoms with Gasteiger partial charge in [-0.2, -0.15) is 0 Å². The maximum Gasteiger partial charge on any atom is 0.0493 e. The smallest absolute Gasteiger partial charge is 0.0493 e. The molecule has 0 saturated carbocycles. The summed E-state index contributed by atoms with van der Waals surface area (Å²) in [6.45, 7) is 9.49. The van der Waals surface area contributed by atoms with E-state index in [4.69, 9.17) is 6.58 Å². The number of benzene rings is 7. The van der Waals surface area contributed by atoms with Gasteiger partial charge in [0.15, 0.2) is 0 Å². The summed E-state index contributed by atoms with van der Waals surface area (Å²) in [6.07, 6.45) is 10.9. The minimum Gasteiger partial charge on any atom is -0.310 e. The van der Waals surface area contributed by atoms with Crippen molar-refractivity contribution in [3.63, 3.8) is 0 Å². The first-order chi connectivity index (χ1) is 31.9. The number of anilines is 6. The number of nitrogens with zero attached hydrogens (tertiary/aromatic N) is 2. The van der Waals surface area contributed by atoms with E-state index in [0.717, 1.165) is 70.1 Å². The zero-order chi connectivity index (χ0) is 43.9. The Labute approximate surface area is 384 Å². The number of hydrogen-bond acceptors (Lipinski definition) is 2. The second-order valence-electron chi connectivity index (χ2n) is 18.1. The van der Waals surface area contributed by atoms with E-state index in [1.54, 1.807) is 0 Å². The minimum atomic E-state index is -0.0556. The third-order valence-electron chi connectivity index (χ3n) is 13.7. The van der Waals surface area contributed by atoms with Crippen LogP contribution in [0.4, 0.5) is 34.1 Å². The Morgan fingerprint density at radius 1 is 0.462 bits per heavy atom. The third-order valence-corrected chi connectivity index (χ3v) is 13.7. The van der Waals surface area contributed by atoms with Crippen molar-refractivity contribution in [1.82, 2.24) is 0 Å². The predicted octanol–water partition coefficient (Wildman–Crippen LogP) is 16.7. The van der Waals surface area contributed by atoms with Crippen LogP contribution in [0.25, 0.3) is 33.0 Å². The molecule has 11 rings (SSSR count). The second kappa shape index (κ2) is 16.8. The lowest BCUT2D eigenvalue weighted by Crippen LogP contribution is -2.11. The van der Waals surface area contributed by atoms with Gasteiger partial charge in [-0.1, -0.05) is 190 Å². The van der Waals surface area contributed by atoms with Gasteiger partial charge in [-0.3, -0.25) is 0 Å². The van der Waals surface area contributed by atoms with Crippen LogP contribution in [0.1, 0.15) is 52.8 Å². The molecule has 2 heteroatoms. The predicted molar refractivity (Wildman–Crippen MR) is 277 cm³/mol. The number of allylic oxidation sites excluding steroid dienone is 5. The van der Waals surface area contributed by atoms with Crippen LogP contribution in [0.15, 0.2) is 225 Å². The molecule has 8 aromatic carbocycles. The molecular weight excluding hydrogens is 785 g/mol. The molecule has 1 aliphatic carbocycles. The maximum absolute atomic E-state index is 4.89. The molecule has 0 bridgehead atoms. The van der Waals surface area contributed by atoms with E-state index in [1.165, 1.54) is 61.7 Å². The van der Waals surface area contributed by atoms with Crippen LogP contribution in [-0.2, 0) is 31.1 Å². The van der Waals surface area contributed by atoms with Gasteiger partial charge in [0, 0.05) is 39.5 Å². The third kappa shape index (κ3) is 7.45. The lowest BCUT2D eigenvalue weighted by Gasteiger charge is -2.28. The maximum atomic E-state index is 4.89. The Morgan fingerprint density at radius 3 is 1.55 bits per heavy atom. The molecule has 2 heterocycles. The quantitative estimate of drug-likeness (QED) is 0.154. The molecule has 314 valence electrons. The van der Waals surface area contributed by atoms with Gasteiger partial charge in [-0.25, -0.2) is 0 Å². The molecule has 0 saturated heterocycles. The van der Waals surface area contributed by atoms with Crippen molar-refractivity contribution < 1.29 is 0 Å². The first-order valence-electron chi connectivity index (χ1n) is 23.0. The molecule has 0 atom stereocenters. The fourth-order valence-corrected chi connectivity index (χ4v) is 10.4. The van der Waals surface area contributed by atoms with Gasteiger partial charge in [0.1, 0.15) is 0 Å². The molecule has 0 amide bonds. The van der Waals surface area contributed by atoms with Crippen LogP contribution in [0.3, 0.4) is 0 Å². The zero-order valence-corrected chi connectivity index (χ0v) is 37.2. The molecule has 2 nitrogen and oxygen atoms in total. The van der Waals surface area contributed by atoms with Gasteiger partial charge in [-0.15, -0.1) is 0 Å². The first kappa shape index (κ1) is 40.1. The topological polar surface area (TPSA) is 6.48 Å². The van der Waals surface area contributed by atoms with Crippen molar-refractivity contribution in [3.05, 3.63) is 264 Å². The van der Waals surface area contributed by atoms with Crippen LogP contribution in [0, 0.1) is 0 Å².